The maximum absolute atomic E-state index is 5.01. The van der Waals surface area contributed by atoms with E-state index in [0.717, 1.165) is 11.4 Å². The van der Waals surface area contributed by atoms with E-state index in [1.54, 1.807) is 0 Å². The number of hydrogen-bond donors (Lipinski definition) is 0. The predicted octanol–water partition coefficient (Wildman–Crippen LogP) is 5.29. The average molecular weight is 591 g/mol. The van der Waals surface area contributed by atoms with Gasteiger partial charge in [0.25, 0.3) is 0 Å². The van der Waals surface area contributed by atoms with E-state index in [2.05, 4.69) is 102 Å². The molecule has 31 heavy (non-hydrogen) atoms. The summed E-state index contributed by atoms with van der Waals surface area (Å²) in [7, 11) is 0. The molecule has 1 aromatic heterocycles. The summed E-state index contributed by atoms with van der Waals surface area (Å²) < 4.78 is 2.89. The van der Waals surface area contributed by atoms with Gasteiger partial charge in [-0.1, -0.05) is 0 Å². The fourth-order valence-corrected chi connectivity index (χ4v) is 8.70. The van der Waals surface area contributed by atoms with E-state index in [4.69, 9.17) is 4.99 Å². The fraction of sp³-hybridized carbons (Fsp3) is 0. The van der Waals surface area contributed by atoms with Gasteiger partial charge in [0.15, 0.2) is 0 Å². The van der Waals surface area contributed by atoms with Gasteiger partial charge in [0.2, 0.25) is 0 Å². The van der Waals surface area contributed by atoms with Gasteiger partial charge in [-0.25, -0.2) is 0 Å². The first-order chi connectivity index (χ1) is 15.4. The standard InChI is InChI=1S/C28H18N2.Po/c1-2-11-23(12-3-1)28-25-14-5-4-10-22(25)16-17-27(28)30-20-21-9-8-13-24(19-21)26-15-6-7-18-29-26;/h1-11,13-18,20H;. The summed E-state index contributed by atoms with van der Waals surface area (Å²) in [5, 5.41) is 2.52. The second-order valence-corrected chi connectivity index (χ2v) is 11.6. The monoisotopic (exact) mass is 591 g/mol. The molecule has 6 rings (SSSR count). The van der Waals surface area contributed by atoms with Crippen LogP contribution in [0.3, 0.4) is 0 Å². The summed E-state index contributed by atoms with van der Waals surface area (Å²) in [6, 6.07) is 34.5. The third-order valence-corrected chi connectivity index (χ3v) is 10.4. The Morgan fingerprint density at radius 3 is 2.42 bits per heavy atom. The van der Waals surface area contributed by atoms with E-state index in [9.17, 15) is 0 Å². The summed E-state index contributed by atoms with van der Waals surface area (Å²) in [5.41, 5.74) is 7.08. The van der Waals surface area contributed by atoms with Gasteiger partial charge in [0.1, 0.15) is 0 Å². The molecule has 1 aliphatic rings. The topological polar surface area (TPSA) is 25.2 Å². The van der Waals surface area contributed by atoms with Crippen molar-refractivity contribution in [3.8, 4) is 22.4 Å². The van der Waals surface area contributed by atoms with Crippen LogP contribution in [0.4, 0.5) is 5.69 Å². The molecule has 0 unspecified atom stereocenters. The fourth-order valence-electron chi connectivity index (χ4n) is 4.16. The number of rotatable bonds is 1. The summed E-state index contributed by atoms with van der Waals surface area (Å²) in [5.74, 6) is 0. The zero-order valence-corrected chi connectivity index (χ0v) is 19.9. The number of pyridine rings is 1. The van der Waals surface area contributed by atoms with Gasteiger partial charge in [-0.2, -0.15) is 0 Å². The average Bonchev–Trinajstić information content (AvgIpc) is 2.90. The molecule has 0 aliphatic carbocycles. The Hall–Kier alpha value is -3.14. The van der Waals surface area contributed by atoms with Crippen LogP contribution in [0.1, 0.15) is 5.56 Å². The predicted molar refractivity (Wildman–Crippen MR) is 131 cm³/mol. The van der Waals surface area contributed by atoms with Crippen LogP contribution in [0.5, 0.6) is 0 Å². The molecular formula is C28H18N2Po. The summed E-state index contributed by atoms with van der Waals surface area (Å²) in [6.07, 6.45) is 3.93. The van der Waals surface area contributed by atoms with Crippen LogP contribution in [-0.4, -0.2) is 34.8 Å². The molecule has 0 fully saturated rings. The van der Waals surface area contributed by atoms with Crippen molar-refractivity contribution in [2.75, 3.05) is 0 Å². The van der Waals surface area contributed by atoms with E-state index in [1.165, 1.54) is 39.5 Å². The van der Waals surface area contributed by atoms with Crippen molar-refractivity contribution in [1.29, 1.82) is 0 Å². The molecule has 1 aliphatic heterocycles. The van der Waals surface area contributed by atoms with Crippen molar-refractivity contribution in [1.82, 2.24) is 4.98 Å². The van der Waals surface area contributed by atoms with Gasteiger partial charge >= 0.3 is 194 Å². The summed E-state index contributed by atoms with van der Waals surface area (Å²) >= 11 is -1.11. The van der Waals surface area contributed by atoms with Crippen molar-refractivity contribution >= 4 is 52.7 Å². The summed E-state index contributed by atoms with van der Waals surface area (Å²) in [6.45, 7) is 0. The van der Waals surface area contributed by atoms with Crippen molar-refractivity contribution < 1.29 is 0 Å². The number of nitrogens with zero attached hydrogens (tertiary/aromatic N) is 2. The van der Waals surface area contributed by atoms with E-state index in [1.807, 2.05) is 12.3 Å². The first-order valence-electron chi connectivity index (χ1n) is 10.3. The van der Waals surface area contributed by atoms with E-state index in [-0.39, 0.29) is 0 Å². The third kappa shape index (κ3) is 3.30. The van der Waals surface area contributed by atoms with E-state index < -0.39 is 23.6 Å². The number of aromatic nitrogens is 1. The molecule has 3 heteroatoms. The molecular weight excluding hydrogens is 573 g/mol. The minimum atomic E-state index is -1.11. The Morgan fingerprint density at radius 2 is 1.48 bits per heavy atom. The van der Waals surface area contributed by atoms with E-state index >= 15 is 0 Å². The zero-order chi connectivity index (χ0) is 20.6. The van der Waals surface area contributed by atoms with Gasteiger partial charge < -0.3 is 0 Å². The van der Waals surface area contributed by atoms with Crippen LogP contribution in [0.25, 0.3) is 33.2 Å². The SMILES string of the molecule is C1=Nc2ccc3ccccc3c2-c2cccc[c]2[Po][c]2c1cccc2-c1ccccn1. The van der Waals surface area contributed by atoms with Crippen LogP contribution in [0.15, 0.2) is 108 Å². The molecule has 2 heterocycles. The number of aliphatic imine (C=N–C) groups is 1. The first kappa shape index (κ1) is 18.6. The van der Waals surface area contributed by atoms with Gasteiger partial charge in [-0.3, -0.25) is 0 Å². The second-order valence-electron chi connectivity index (χ2n) is 7.48. The number of benzene rings is 4. The summed E-state index contributed by atoms with van der Waals surface area (Å²) in [4.78, 5) is 9.67. The molecule has 0 atom stereocenters. The minimum absolute atomic E-state index is 1.03. The Balaban J connectivity index is 1.66. The molecule has 0 amide bonds. The van der Waals surface area contributed by atoms with Gasteiger partial charge in [-0.05, 0) is 0 Å². The van der Waals surface area contributed by atoms with Crippen LogP contribution < -0.4 is 6.44 Å². The Kier molecular flexibility index (Phi) is 4.71. The van der Waals surface area contributed by atoms with Crippen molar-refractivity contribution in [2.24, 2.45) is 4.99 Å². The molecule has 0 N–H and O–H groups in total. The van der Waals surface area contributed by atoms with Crippen LogP contribution in [-0.2, 0) is 0 Å². The van der Waals surface area contributed by atoms with Crippen molar-refractivity contribution in [2.45, 2.75) is 0 Å². The first-order valence-corrected chi connectivity index (χ1v) is 13.4. The Morgan fingerprint density at radius 1 is 0.645 bits per heavy atom. The molecule has 146 valence electrons. The second kappa shape index (κ2) is 7.84. The van der Waals surface area contributed by atoms with Gasteiger partial charge in [-0.15, -0.1) is 0 Å². The van der Waals surface area contributed by atoms with Crippen LogP contribution in [0, 0.1) is 0 Å². The molecule has 2 nitrogen and oxygen atoms in total. The molecule has 0 bridgehead atoms. The van der Waals surface area contributed by atoms with E-state index in [0.29, 0.717) is 0 Å². The quantitative estimate of drug-likeness (QED) is 0.255. The van der Waals surface area contributed by atoms with Crippen LogP contribution in [0.2, 0.25) is 0 Å². The number of hydrogen-bond acceptors (Lipinski definition) is 2. The number of fused-ring (bicyclic) bond motifs is 6. The zero-order valence-electron chi connectivity index (χ0n) is 16.7. The normalized spacial score (nSPS) is 12.3. The maximum atomic E-state index is 5.01. The molecule has 4 aromatic carbocycles. The molecule has 0 radical (unpaired) electrons. The molecule has 5 aromatic rings. The Labute approximate surface area is 193 Å². The molecule has 0 saturated heterocycles. The van der Waals surface area contributed by atoms with Gasteiger partial charge in [0, 0.05) is 0 Å². The molecule has 0 spiro atoms. The van der Waals surface area contributed by atoms with Crippen LogP contribution >= 0.6 is 0 Å². The van der Waals surface area contributed by atoms with Crippen molar-refractivity contribution in [3.63, 3.8) is 0 Å². The molecule has 0 saturated carbocycles. The third-order valence-electron chi connectivity index (χ3n) is 5.60. The van der Waals surface area contributed by atoms with Gasteiger partial charge in [0.05, 0.1) is 0 Å². The van der Waals surface area contributed by atoms with Crippen molar-refractivity contribution in [3.05, 3.63) is 109 Å². The Bertz CT molecular complexity index is 1460.